The van der Waals surface area contributed by atoms with Crippen LogP contribution in [0.15, 0.2) is 30.5 Å². The van der Waals surface area contributed by atoms with Crippen molar-refractivity contribution in [1.82, 2.24) is 15.1 Å². The average Bonchev–Trinajstić information content (AvgIpc) is 2.85. The van der Waals surface area contributed by atoms with Crippen LogP contribution < -0.4 is 5.32 Å². The van der Waals surface area contributed by atoms with E-state index in [1.54, 1.807) is 0 Å². The van der Waals surface area contributed by atoms with Crippen molar-refractivity contribution in [2.75, 3.05) is 6.54 Å². The zero-order valence-corrected chi connectivity index (χ0v) is 13.0. The predicted molar refractivity (Wildman–Crippen MR) is 84.8 cm³/mol. The highest BCUT2D eigenvalue weighted by Gasteiger charge is 2.14. The Labute approximate surface area is 122 Å². The first-order valence-electron chi connectivity index (χ1n) is 7.54. The summed E-state index contributed by atoms with van der Waals surface area (Å²) in [5.74, 6) is 0. The first-order valence-corrected chi connectivity index (χ1v) is 7.54. The van der Waals surface area contributed by atoms with Crippen LogP contribution in [-0.4, -0.2) is 16.3 Å². The van der Waals surface area contributed by atoms with Gasteiger partial charge in [0, 0.05) is 23.8 Å². The second-order valence-electron chi connectivity index (χ2n) is 5.22. The number of benzene rings is 1. The third-order valence-electron chi connectivity index (χ3n) is 3.82. The molecule has 0 aliphatic carbocycles. The van der Waals surface area contributed by atoms with Crippen molar-refractivity contribution in [2.45, 2.75) is 46.7 Å². The maximum Gasteiger partial charge on any atom is 0.0571 e. The van der Waals surface area contributed by atoms with Gasteiger partial charge in [0.1, 0.15) is 0 Å². The largest absolute Gasteiger partial charge is 0.310 e. The molecular formula is C17H25N3. The molecule has 0 aliphatic heterocycles. The van der Waals surface area contributed by atoms with E-state index in [1.165, 1.54) is 22.4 Å². The van der Waals surface area contributed by atoms with Crippen LogP contribution in [0.1, 0.15) is 44.5 Å². The lowest BCUT2D eigenvalue weighted by Crippen LogP contribution is -2.19. The van der Waals surface area contributed by atoms with Gasteiger partial charge in [0.2, 0.25) is 0 Å². The van der Waals surface area contributed by atoms with E-state index in [2.05, 4.69) is 67.1 Å². The standard InChI is InChI=1S/C17H25N3/c1-5-11-18-13(3)15-9-7-8-10-16(15)17-12-19-20(6-2)14(17)4/h7-10,12-13,18H,5-6,11H2,1-4H3. The second-order valence-corrected chi connectivity index (χ2v) is 5.22. The van der Waals surface area contributed by atoms with Crippen molar-refractivity contribution >= 4 is 0 Å². The summed E-state index contributed by atoms with van der Waals surface area (Å²) in [6.45, 7) is 10.7. The Morgan fingerprint density at radius 3 is 2.60 bits per heavy atom. The quantitative estimate of drug-likeness (QED) is 0.862. The Morgan fingerprint density at radius 2 is 1.95 bits per heavy atom. The number of nitrogens with one attached hydrogen (secondary N) is 1. The van der Waals surface area contributed by atoms with E-state index in [4.69, 9.17) is 0 Å². The van der Waals surface area contributed by atoms with Gasteiger partial charge in [0.15, 0.2) is 0 Å². The van der Waals surface area contributed by atoms with Crippen LogP contribution in [0.2, 0.25) is 0 Å². The van der Waals surface area contributed by atoms with Crippen LogP contribution in [0, 0.1) is 6.92 Å². The van der Waals surface area contributed by atoms with Crippen LogP contribution >= 0.6 is 0 Å². The Kier molecular flexibility index (Phi) is 4.96. The van der Waals surface area contributed by atoms with E-state index in [-0.39, 0.29) is 0 Å². The molecule has 1 aromatic heterocycles. The summed E-state index contributed by atoms with van der Waals surface area (Å²) in [7, 11) is 0. The van der Waals surface area contributed by atoms with E-state index in [1.807, 2.05) is 6.20 Å². The molecule has 0 radical (unpaired) electrons. The van der Waals surface area contributed by atoms with Crippen molar-refractivity contribution in [3.8, 4) is 11.1 Å². The third kappa shape index (κ3) is 2.93. The van der Waals surface area contributed by atoms with Gasteiger partial charge in [-0.15, -0.1) is 0 Å². The molecule has 0 saturated carbocycles. The number of aromatic nitrogens is 2. The van der Waals surface area contributed by atoms with Gasteiger partial charge >= 0.3 is 0 Å². The fourth-order valence-corrected chi connectivity index (χ4v) is 2.62. The second kappa shape index (κ2) is 6.71. The lowest BCUT2D eigenvalue weighted by molar-refractivity contribution is 0.571. The van der Waals surface area contributed by atoms with Crippen molar-refractivity contribution in [1.29, 1.82) is 0 Å². The summed E-state index contributed by atoms with van der Waals surface area (Å²) in [6, 6.07) is 8.99. The molecular weight excluding hydrogens is 246 g/mol. The van der Waals surface area contributed by atoms with Crippen LogP contribution in [0.4, 0.5) is 0 Å². The summed E-state index contributed by atoms with van der Waals surface area (Å²) in [5.41, 5.74) is 5.12. The molecule has 3 nitrogen and oxygen atoms in total. The zero-order valence-electron chi connectivity index (χ0n) is 13.0. The molecule has 2 rings (SSSR count). The zero-order chi connectivity index (χ0) is 14.5. The van der Waals surface area contributed by atoms with Gasteiger partial charge in [-0.25, -0.2) is 0 Å². The van der Waals surface area contributed by atoms with Gasteiger partial charge in [-0.1, -0.05) is 31.2 Å². The lowest BCUT2D eigenvalue weighted by Gasteiger charge is -2.17. The summed E-state index contributed by atoms with van der Waals surface area (Å²) in [4.78, 5) is 0. The van der Waals surface area contributed by atoms with Gasteiger partial charge in [-0.05, 0) is 44.9 Å². The molecule has 2 aromatic rings. The molecule has 20 heavy (non-hydrogen) atoms. The van der Waals surface area contributed by atoms with Gasteiger partial charge < -0.3 is 5.32 Å². The molecule has 3 heteroatoms. The van der Waals surface area contributed by atoms with E-state index < -0.39 is 0 Å². The number of aryl methyl sites for hydroxylation is 1. The van der Waals surface area contributed by atoms with Crippen LogP contribution in [0.5, 0.6) is 0 Å². The minimum Gasteiger partial charge on any atom is -0.310 e. The van der Waals surface area contributed by atoms with E-state index in [0.29, 0.717) is 6.04 Å². The molecule has 1 unspecified atom stereocenters. The highest BCUT2D eigenvalue weighted by molar-refractivity contribution is 5.69. The SMILES string of the molecule is CCCNC(C)c1ccccc1-c1cnn(CC)c1C. The molecule has 1 N–H and O–H groups in total. The Morgan fingerprint density at radius 1 is 1.20 bits per heavy atom. The molecule has 1 heterocycles. The van der Waals surface area contributed by atoms with Gasteiger partial charge in [0.25, 0.3) is 0 Å². The van der Waals surface area contributed by atoms with Gasteiger partial charge in [0.05, 0.1) is 6.20 Å². The number of hydrogen-bond donors (Lipinski definition) is 1. The summed E-state index contributed by atoms with van der Waals surface area (Å²) in [5, 5.41) is 8.04. The number of nitrogens with zero attached hydrogens (tertiary/aromatic N) is 2. The van der Waals surface area contributed by atoms with E-state index >= 15 is 0 Å². The van der Waals surface area contributed by atoms with E-state index in [9.17, 15) is 0 Å². The molecule has 0 saturated heterocycles. The third-order valence-corrected chi connectivity index (χ3v) is 3.82. The predicted octanol–water partition coefficient (Wildman–Crippen LogP) is 3.94. The molecule has 1 atom stereocenters. The monoisotopic (exact) mass is 271 g/mol. The van der Waals surface area contributed by atoms with Crippen molar-refractivity contribution in [3.05, 3.63) is 41.7 Å². The van der Waals surface area contributed by atoms with Crippen molar-refractivity contribution in [3.63, 3.8) is 0 Å². The summed E-state index contributed by atoms with van der Waals surface area (Å²) < 4.78 is 2.05. The first kappa shape index (κ1) is 14.8. The molecule has 0 fully saturated rings. The summed E-state index contributed by atoms with van der Waals surface area (Å²) >= 11 is 0. The number of hydrogen-bond acceptors (Lipinski definition) is 2. The minimum absolute atomic E-state index is 0.357. The topological polar surface area (TPSA) is 29.9 Å². The van der Waals surface area contributed by atoms with Gasteiger partial charge in [-0.2, -0.15) is 5.10 Å². The fourth-order valence-electron chi connectivity index (χ4n) is 2.62. The van der Waals surface area contributed by atoms with Gasteiger partial charge in [-0.3, -0.25) is 4.68 Å². The molecule has 0 amide bonds. The fraction of sp³-hybridized carbons (Fsp3) is 0.471. The van der Waals surface area contributed by atoms with Crippen molar-refractivity contribution in [2.24, 2.45) is 0 Å². The maximum absolute atomic E-state index is 4.47. The maximum atomic E-state index is 4.47. The smallest absolute Gasteiger partial charge is 0.0571 e. The Hall–Kier alpha value is -1.61. The minimum atomic E-state index is 0.357. The highest BCUT2D eigenvalue weighted by Crippen LogP contribution is 2.30. The molecule has 0 spiro atoms. The Balaban J connectivity index is 2.38. The normalized spacial score (nSPS) is 12.6. The highest BCUT2D eigenvalue weighted by atomic mass is 15.3. The summed E-state index contributed by atoms with van der Waals surface area (Å²) in [6.07, 6.45) is 3.14. The van der Waals surface area contributed by atoms with Crippen LogP contribution in [0.25, 0.3) is 11.1 Å². The Bertz CT molecular complexity index is 557. The average molecular weight is 271 g/mol. The molecule has 1 aromatic carbocycles. The molecule has 0 aliphatic rings. The van der Waals surface area contributed by atoms with E-state index in [0.717, 1.165) is 19.5 Å². The molecule has 0 bridgehead atoms. The first-order chi connectivity index (χ1) is 9.69. The number of rotatable bonds is 6. The van der Waals surface area contributed by atoms with Crippen LogP contribution in [0.3, 0.4) is 0 Å². The van der Waals surface area contributed by atoms with Crippen molar-refractivity contribution < 1.29 is 0 Å². The van der Waals surface area contributed by atoms with Crippen LogP contribution in [-0.2, 0) is 6.54 Å². The molecule has 108 valence electrons. The lowest BCUT2D eigenvalue weighted by atomic mass is 9.96.